The molecule has 0 saturated heterocycles. The Morgan fingerprint density at radius 1 is 1.24 bits per heavy atom. The highest BCUT2D eigenvalue weighted by molar-refractivity contribution is 8.01. The number of thiazole rings is 1. The first kappa shape index (κ1) is 25.4. The minimum atomic E-state index is -0.875. The molecule has 1 aliphatic rings. The van der Waals surface area contributed by atoms with Crippen LogP contribution in [0.1, 0.15) is 52.0 Å². The van der Waals surface area contributed by atoms with Crippen LogP contribution in [0.25, 0.3) is 0 Å². The molecule has 1 aliphatic carbocycles. The minimum Gasteiger partial charge on any atom is -0.491 e. The third-order valence-corrected chi connectivity index (χ3v) is 7.75. The second-order valence-corrected chi connectivity index (χ2v) is 11.1. The largest absolute Gasteiger partial charge is 0.491 e. The van der Waals surface area contributed by atoms with Gasteiger partial charge >= 0.3 is 12.0 Å². The number of amides is 2. The quantitative estimate of drug-likeness (QED) is 0.411. The van der Waals surface area contributed by atoms with Crippen LogP contribution in [-0.2, 0) is 11.2 Å². The van der Waals surface area contributed by atoms with Crippen molar-refractivity contribution < 1.29 is 19.4 Å². The van der Waals surface area contributed by atoms with Crippen LogP contribution in [0.4, 0.5) is 9.93 Å². The average Bonchev–Trinajstić information content (AvgIpc) is 3.21. The van der Waals surface area contributed by atoms with Crippen LogP contribution >= 0.6 is 23.1 Å². The van der Waals surface area contributed by atoms with Gasteiger partial charge in [0.1, 0.15) is 5.75 Å². The molecule has 0 aliphatic heterocycles. The van der Waals surface area contributed by atoms with E-state index in [2.05, 4.69) is 29.4 Å². The van der Waals surface area contributed by atoms with Gasteiger partial charge in [-0.15, -0.1) is 11.8 Å². The molecular weight excluding hydrogens is 458 g/mol. The number of thioether (sulfide) groups is 1. The Morgan fingerprint density at radius 3 is 2.58 bits per heavy atom. The van der Waals surface area contributed by atoms with Gasteiger partial charge in [-0.3, -0.25) is 10.1 Å². The molecule has 0 radical (unpaired) electrons. The Balaban J connectivity index is 1.63. The van der Waals surface area contributed by atoms with E-state index in [0.717, 1.165) is 47.6 Å². The number of carbonyl (C=O) groups is 2. The molecular formula is C24H33N3O4S2. The predicted octanol–water partition coefficient (Wildman–Crippen LogP) is 5.76. The highest BCUT2D eigenvalue weighted by Crippen LogP contribution is 2.30. The van der Waals surface area contributed by atoms with Gasteiger partial charge in [-0.1, -0.05) is 30.4 Å². The first-order valence-corrected chi connectivity index (χ1v) is 13.2. The maximum Gasteiger partial charge on any atom is 0.323 e. The zero-order valence-electron chi connectivity index (χ0n) is 19.5. The van der Waals surface area contributed by atoms with Crippen LogP contribution in [0.15, 0.2) is 34.7 Å². The molecule has 1 saturated carbocycles. The summed E-state index contributed by atoms with van der Waals surface area (Å²) in [5, 5.41) is 12.3. The summed E-state index contributed by atoms with van der Waals surface area (Å²) < 4.78 is 6.50. The van der Waals surface area contributed by atoms with Gasteiger partial charge < -0.3 is 14.7 Å². The Morgan fingerprint density at radius 2 is 1.94 bits per heavy atom. The highest BCUT2D eigenvalue weighted by Gasteiger charge is 2.28. The van der Waals surface area contributed by atoms with Gasteiger partial charge in [0.15, 0.2) is 5.13 Å². The van der Waals surface area contributed by atoms with E-state index >= 15 is 0 Å². The number of carbonyl (C=O) groups excluding carboxylic acids is 1. The molecule has 7 nitrogen and oxygen atoms in total. The molecule has 3 rings (SSSR count). The topological polar surface area (TPSA) is 91.8 Å². The number of benzene rings is 1. The van der Waals surface area contributed by atoms with E-state index < -0.39 is 5.97 Å². The number of ether oxygens (including phenoxy) is 1. The van der Waals surface area contributed by atoms with Gasteiger partial charge in [0.05, 0.1) is 22.3 Å². The van der Waals surface area contributed by atoms with E-state index in [1.807, 2.05) is 30.9 Å². The fourth-order valence-electron chi connectivity index (χ4n) is 3.94. The molecule has 1 aromatic heterocycles. The average molecular weight is 492 g/mol. The molecule has 9 heteroatoms. The first-order valence-electron chi connectivity index (χ1n) is 11.4. The van der Waals surface area contributed by atoms with Gasteiger partial charge in [0.25, 0.3) is 0 Å². The number of urea groups is 1. The number of aromatic nitrogens is 1. The van der Waals surface area contributed by atoms with Gasteiger partial charge in [0.2, 0.25) is 0 Å². The van der Waals surface area contributed by atoms with Crippen molar-refractivity contribution >= 4 is 40.2 Å². The van der Waals surface area contributed by atoms with Crippen LogP contribution < -0.4 is 10.1 Å². The maximum absolute atomic E-state index is 13.2. The molecule has 0 atom stereocenters. The van der Waals surface area contributed by atoms with Crippen LogP contribution in [0.2, 0.25) is 0 Å². The van der Waals surface area contributed by atoms with Crippen molar-refractivity contribution in [2.24, 2.45) is 5.92 Å². The van der Waals surface area contributed by atoms with Crippen molar-refractivity contribution in [3.63, 3.8) is 0 Å². The summed E-state index contributed by atoms with van der Waals surface area (Å²) in [6.45, 7) is 6.91. The number of nitrogens with one attached hydrogen (secondary N) is 1. The second kappa shape index (κ2) is 12.3. The van der Waals surface area contributed by atoms with Crippen molar-refractivity contribution in [1.82, 2.24) is 9.88 Å². The number of hydrogen-bond acceptors (Lipinski definition) is 6. The first-order chi connectivity index (χ1) is 15.8. The number of rotatable bonds is 10. The Hall–Kier alpha value is -2.26. The fraction of sp³-hybridized carbons (Fsp3) is 0.542. The van der Waals surface area contributed by atoms with E-state index in [4.69, 9.17) is 9.84 Å². The molecule has 1 aromatic carbocycles. The molecule has 180 valence electrons. The molecule has 1 heterocycles. The van der Waals surface area contributed by atoms with Crippen LogP contribution in [-0.4, -0.2) is 51.4 Å². The molecule has 0 bridgehead atoms. The Labute approximate surface area is 203 Å². The summed E-state index contributed by atoms with van der Waals surface area (Å²) in [5.74, 6) is 0.654. The molecule has 1 fully saturated rings. The summed E-state index contributed by atoms with van der Waals surface area (Å²) in [6, 6.07) is 8.15. The highest BCUT2D eigenvalue weighted by atomic mass is 32.2. The lowest BCUT2D eigenvalue weighted by Gasteiger charge is -2.36. The van der Waals surface area contributed by atoms with Gasteiger partial charge in [-0.25, -0.2) is 9.78 Å². The number of carboxylic acid groups (broad SMARTS) is 1. The summed E-state index contributed by atoms with van der Waals surface area (Å²) >= 11 is 2.51. The van der Waals surface area contributed by atoms with Crippen molar-refractivity contribution in [3.8, 4) is 5.75 Å². The summed E-state index contributed by atoms with van der Waals surface area (Å²) in [5.41, 5.74) is 1.16. The molecule has 33 heavy (non-hydrogen) atoms. The Bertz CT molecular complexity index is 909. The van der Waals surface area contributed by atoms with Crippen LogP contribution in [0, 0.1) is 5.92 Å². The fourth-order valence-corrected chi connectivity index (χ4v) is 5.52. The van der Waals surface area contributed by atoms with E-state index in [1.54, 1.807) is 6.20 Å². The van der Waals surface area contributed by atoms with Crippen molar-refractivity contribution in [2.45, 2.75) is 69.2 Å². The smallest absolute Gasteiger partial charge is 0.323 e. The van der Waals surface area contributed by atoms with Gasteiger partial charge in [-0.05, 0) is 69.6 Å². The molecule has 0 spiro atoms. The monoisotopic (exact) mass is 491 g/mol. The molecule has 2 aromatic rings. The SMILES string of the molecule is CC1CCC(N(CCc2ccc(OC(C)C)cc2)C(=O)Nc2ncc(SCC(=O)O)s2)CC1. The summed E-state index contributed by atoms with van der Waals surface area (Å²) in [6.07, 6.45) is 6.78. The maximum atomic E-state index is 13.2. The summed E-state index contributed by atoms with van der Waals surface area (Å²) in [7, 11) is 0. The molecule has 2 amide bonds. The standard InChI is InChI=1S/C24H33N3O4S2/c1-16(2)31-20-10-6-18(7-11-20)12-13-27(19-8-4-17(3)5-9-19)24(30)26-23-25-14-22(33-23)32-15-21(28)29/h6-7,10-11,14,16-17,19H,4-5,8-9,12-13,15H2,1-3H3,(H,28,29)(H,25,26,30). The van der Waals surface area contributed by atoms with E-state index in [9.17, 15) is 9.59 Å². The minimum absolute atomic E-state index is 0.0248. The zero-order chi connectivity index (χ0) is 23.8. The Kier molecular flexibility index (Phi) is 9.43. The van der Waals surface area contributed by atoms with Crippen molar-refractivity contribution in [1.29, 1.82) is 0 Å². The third-order valence-electron chi connectivity index (χ3n) is 5.66. The van der Waals surface area contributed by atoms with Crippen LogP contribution in [0.5, 0.6) is 5.75 Å². The van der Waals surface area contributed by atoms with E-state index in [0.29, 0.717) is 17.6 Å². The van der Waals surface area contributed by atoms with Gasteiger partial charge in [0, 0.05) is 12.6 Å². The normalized spacial score (nSPS) is 18.2. The van der Waals surface area contributed by atoms with Gasteiger partial charge in [-0.2, -0.15) is 0 Å². The van der Waals surface area contributed by atoms with Crippen LogP contribution in [0.3, 0.4) is 0 Å². The number of nitrogens with zero attached hydrogens (tertiary/aromatic N) is 2. The van der Waals surface area contributed by atoms with Crippen molar-refractivity contribution in [2.75, 3.05) is 17.6 Å². The molecule has 2 N–H and O–H groups in total. The lowest BCUT2D eigenvalue weighted by atomic mass is 9.86. The number of aliphatic carboxylic acids is 1. The third kappa shape index (κ3) is 8.23. The van der Waals surface area contributed by atoms with Crippen molar-refractivity contribution in [3.05, 3.63) is 36.0 Å². The lowest BCUT2D eigenvalue weighted by Crippen LogP contribution is -2.45. The number of hydrogen-bond donors (Lipinski definition) is 2. The lowest BCUT2D eigenvalue weighted by molar-refractivity contribution is -0.133. The van der Waals surface area contributed by atoms with E-state index in [1.165, 1.54) is 23.1 Å². The molecule has 0 unspecified atom stereocenters. The predicted molar refractivity (Wildman–Crippen MR) is 134 cm³/mol. The van der Waals surface area contributed by atoms with E-state index in [-0.39, 0.29) is 23.9 Å². The summed E-state index contributed by atoms with van der Waals surface area (Å²) in [4.78, 5) is 30.2. The number of anilines is 1. The number of carboxylic acids is 1. The second-order valence-electron chi connectivity index (χ2n) is 8.76. The zero-order valence-corrected chi connectivity index (χ0v) is 21.1.